The Labute approximate surface area is 167 Å². The fourth-order valence-corrected chi connectivity index (χ4v) is 3.31. The highest BCUT2D eigenvalue weighted by Crippen LogP contribution is 2.32. The van der Waals surface area contributed by atoms with Crippen molar-refractivity contribution in [2.45, 2.75) is 26.4 Å². The maximum Gasteiger partial charge on any atom is 0.231 e. The van der Waals surface area contributed by atoms with E-state index in [1.807, 2.05) is 54.0 Å². The predicted octanol–water partition coefficient (Wildman–Crippen LogP) is 3.35. The molecule has 3 aromatic rings. The second-order valence-electron chi connectivity index (χ2n) is 6.59. The number of rotatable bonds is 6. The molecular formula is C20H20N4O3S. The zero-order valence-electron chi connectivity index (χ0n) is 15.4. The van der Waals surface area contributed by atoms with E-state index >= 15 is 0 Å². The summed E-state index contributed by atoms with van der Waals surface area (Å²) in [4.78, 5) is 12.3. The Kier molecular flexibility index (Phi) is 5.12. The summed E-state index contributed by atoms with van der Waals surface area (Å²) >= 11 is 5.33. The highest BCUT2D eigenvalue weighted by molar-refractivity contribution is 7.71. The Balaban J connectivity index is 1.38. The van der Waals surface area contributed by atoms with Crippen molar-refractivity contribution in [2.24, 2.45) is 0 Å². The van der Waals surface area contributed by atoms with Crippen LogP contribution >= 0.6 is 12.2 Å². The van der Waals surface area contributed by atoms with E-state index in [1.54, 1.807) is 0 Å². The number of nitrogens with one attached hydrogen (secondary N) is 2. The number of amides is 1. The third kappa shape index (κ3) is 3.91. The summed E-state index contributed by atoms with van der Waals surface area (Å²) in [6.45, 7) is 3.14. The van der Waals surface area contributed by atoms with Gasteiger partial charge in [-0.2, -0.15) is 5.10 Å². The molecule has 4 rings (SSSR count). The van der Waals surface area contributed by atoms with Gasteiger partial charge in [-0.3, -0.25) is 14.5 Å². The molecule has 144 valence electrons. The van der Waals surface area contributed by atoms with Crippen LogP contribution in [-0.4, -0.2) is 27.5 Å². The molecule has 7 nitrogen and oxygen atoms in total. The van der Waals surface area contributed by atoms with Crippen molar-refractivity contribution in [2.75, 3.05) is 6.79 Å². The van der Waals surface area contributed by atoms with Crippen molar-refractivity contribution in [3.8, 4) is 22.9 Å². The van der Waals surface area contributed by atoms with Crippen LogP contribution in [0.15, 0.2) is 42.5 Å². The Hall–Kier alpha value is -3.13. The second kappa shape index (κ2) is 7.85. The Morgan fingerprint density at radius 2 is 2.11 bits per heavy atom. The fraction of sp³-hybridized carbons (Fsp3) is 0.250. The topological polar surface area (TPSA) is 81.2 Å². The van der Waals surface area contributed by atoms with Crippen LogP contribution < -0.4 is 14.8 Å². The van der Waals surface area contributed by atoms with Gasteiger partial charge in [0.15, 0.2) is 22.1 Å². The minimum atomic E-state index is -0.0593. The molecule has 0 atom stereocenters. The molecule has 1 aliphatic rings. The van der Waals surface area contributed by atoms with Gasteiger partial charge in [-0.1, -0.05) is 29.8 Å². The molecule has 2 heterocycles. The van der Waals surface area contributed by atoms with Crippen LogP contribution in [-0.2, 0) is 17.9 Å². The number of hydrogen-bond donors (Lipinski definition) is 2. The van der Waals surface area contributed by atoms with Gasteiger partial charge in [0, 0.05) is 25.1 Å². The number of carbonyl (C=O) groups is 1. The van der Waals surface area contributed by atoms with Crippen LogP contribution in [0.1, 0.15) is 17.5 Å². The molecule has 28 heavy (non-hydrogen) atoms. The molecule has 1 amide bonds. The number of ether oxygens (including phenoxy) is 2. The van der Waals surface area contributed by atoms with Crippen LogP contribution in [0.4, 0.5) is 0 Å². The largest absolute Gasteiger partial charge is 0.454 e. The first-order chi connectivity index (χ1) is 13.6. The molecule has 0 bridgehead atoms. The highest BCUT2D eigenvalue weighted by atomic mass is 32.1. The smallest absolute Gasteiger partial charge is 0.231 e. The molecule has 0 fully saturated rings. The summed E-state index contributed by atoms with van der Waals surface area (Å²) in [5.41, 5.74) is 3.06. The number of aromatic nitrogens is 3. The summed E-state index contributed by atoms with van der Waals surface area (Å²) in [7, 11) is 0. The van der Waals surface area contributed by atoms with E-state index in [1.165, 1.54) is 0 Å². The molecule has 0 saturated carbocycles. The van der Waals surface area contributed by atoms with Crippen LogP contribution in [0.5, 0.6) is 11.5 Å². The lowest BCUT2D eigenvalue weighted by atomic mass is 10.1. The first kappa shape index (κ1) is 18.2. The minimum absolute atomic E-state index is 0.0593. The third-order valence-electron chi connectivity index (χ3n) is 4.52. The molecule has 0 unspecified atom stereocenters. The van der Waals surface area contributed by atoms with Crippen LogP contribution in [0.25, 0.3) is 11.4 Å². The molecule has 0 radical (unpaired) electrons. The zero-order chi connectivity index (χ0) is 19.5. The monoisotopic (exact) mass is 396 g/mol. The van der Waals surface area contributed by atoms with Crippen LogP contribution in [0.3, 0.4) is 0 Å². The number of benzene rings is 2. The number of nitrogens with zero attached hydrogens (tertiary/aromatic N) is 2. The number of carbonyl (C=O) groups excluding carboxylic acids is 1. The van der Waals surface area contributed by atoms with Gasteiger partial charge in [-0.25, -0.2) is 0 Å². The van der Waals surface area contributed by atoms with Crippen LogP contribution in [0.2, 0.25) is 0 Å². The van der Waals surface area contributed by atoms with E-state index in [2.05, 4.69) is 15.5 Å². The number of hydrogen-bond acceptors (Lipinski definition) is 5. The number of aryl methyl sites for hydroxylation is 1. The first-order valence-corrected chi connectivity index (χ1v) is 9.38. The molecule has 2 N–H and O–H groups in total. The quantitative estimate of drug-likeness (QED) is 0.625. The Morgan fingerprint density at radius 3 is 2.96 bits per heavy atom. The van der Waals surface area contributed by atoms with Crippen molar-refractivity contribution in [1.29, 1.82) is 0 Å². The highest BCUT2D eigenvalue weighted by Gasteiger charge is 2.14. The summed E-state index contributed by atoms with van der Waals surface area (Å²) in [5, 5.41) is 10.1. The van der Waals surface area contributed by atoms with Gasteiger partial charge in [0.2, 0.25) is 12.7 Å². The maximum atomic E-state index is 12.3. The Morgan fingerprint density at radius 1 is 1.25 bits per heavy atom. The molecule has 0 spiro atoms. The molecule has 2 aromatic carbocycles. The predicted molar refractivity (Wildman–Crippen MR) is 107 cm³/mol. The van der Waals surface area contributed by atoms with Crippen molar-refractivity contribution in [3.05, 3.63) is 58.4 Å². The third-order valence-corrected chi connectivity index (χ3v) is 4.84. The van der Waals surface area contributed by atoms with Gasteiger partial charge in [-0.05, 0) is 42.9 Å². The van der Waals surface area contributed by atoms with Crippen molar-refractivity contribution in [3.63, 3.8) is 0 Å². The standard InChI is InChI=1S/C20H20N4O3S/c1-13-3-2-4-15(9-13)19-22-23-20(28)24(19)8-7-18(25)21-11-14-5-6-16-17(10-14)27-12-26-16/h2-6,9-10H,7-8,11-12H2,1H3,(H,21,25)(H,23,28). The van der Waals surface area contributed by atoms with E-state index in [4.69, 9.17) is 21.7 Å². The summed E-state index contributed by atoms with van der Waals surface area (Å²) in [5.74, 6) is 2.11. The molecule has 1 aliphatic heterocycles. The average Bonchev–Trinajstić information content (AvgIpc) is 3.30. The maximum absolute atomic E-state index is 12.3. The van der Waals surface area contributed by atoms with E-state index in [-0.39, 0.29) is 12.7 Å². The van der Waals surface area contributed by atoms with E-state index in [9.17, 15) is 4.79 Å². The molecule has 0 saturated heterocycles. The van der Waals surface area contributed by atoms with E-state index in [0.29, 0.717) is 30.0 Å². The second-order valence-corrected chi connectivity index (χ2v) is 6.97. The lowest BCUT2D eigenvalue weighted by molar-refractivity contribution is -0.121. The first-order valence-electron chi connectivity index (χ1n) is 8.97. The van der Waals surface area contributed by atoms with Gasteiger partial charge in [-0.15, -0.1) is 0 Å². The van der Waals surface area contributed by atoms with E-state index < -0.39 is 0 Å². The van der Waals surface area contributed by atoms with Crippen molar-refractivity contribution < 1.29 is 14.3 Å². The summed E-state index contributed by atoms with van der Waals surface area (Å²) < 4.78 is 13.0. The zero-order valence-corrected chi connectivity index (χ0v) is 16.2. The SMILES string of the molecule is Cc1cccc(-c2n[nH]c(=S)n2CCC(=O)NCc2ccc3c(c2)OCO3)c1. The average molecular weight is 396 g/mol. The summed E-state index contributed by atoms with van der Waals surface area (Å²) in [6, 6.07) is 13.7. The normalized spacial score (nSPS) is 12.2. The van der Waals surface area contributed by atoms with Gasteiger partial charge in [0.1, 0.15) is 0 Å². The van der Waals surface area contributed by atoms with Gasteiger partial charge in [0.25, 0.3) is 0 Å². The molecule has 1 aromatic heterocycles. The number of aromatic amines is 1. The molecule has 8 heteroatoms. The van der Waals surface area contributed by atoms with Crippen LogP contribution in [0, 0.1) is 11.7 Å². The number of H-pyrrole nitrogens is 1. The summed E-state index contributed by atoms with van der Waals surface area (Å²) in [6.07, 6.45) is 0.303. The Bertz CT molecular complexity index is 1070. The number of fused-ring (bicyclic) bond motifs is 1. The van der Waals surface area contributed by atoms with Gasteiger partial charge in [0.05, 0.1) is 0 Å². The van der Waals surface area contributed by atoms with Crippen molar-refractivity contribution >= 4 is 18.1 Å². The molecular weight excluding hydrogens is 376 g/mol. The lowest BCUT2D eigenvalue weighted by Gasteiger charge is -2.09. The molecule has 0 aliphatic carbocycles. The minimum Gasteiger partial charge on any atom is -0.454 e. The van der Waals surface area contributed by atoms with E-state index in [0.717, 1.165) is 28.3 Å². The van der Waals surface area contributed by atoms with Gasteiger partial charge >= 0.3 is 0 Å². The fourth-order valence-electron chi connectivity index (χ4n) is 3.08. The van der Waals surface area contributed by atoms with Gasteiger partial charge < -0.3 is 14.8 Å². The lowest BCUT2D eigenvalue weighted by Crippen LogP contribution is -2.24. The van der Waals surface area contributed by atoms with Crippen molar-refractivity contribution in [1.82, 2.24) is 20.1 Å².